The number of rotatable bonds is 2. The summed E-state index contributed by atoms with van der Waals surface area (Å²) in [6.07, 6.45) is 6.93. The maximum Gasteiger partial charge on any atom is 0.140 e. The van der Waals surface area contributed by atoms with Crippen LogP contribution >= 0.6 is 0 Å². The lowest BCUT2D eigenvalue weighted by Crippen LogP contribution is -2.34. The third kappa shape index (κ3) is 3.12. The van der Waals surface area contributed by atoms with Crippen LogP contribution in [-0.4, -0.2) is 5.11 Å². The fourth-order valence-electron chi connectivity index (χ4n) is 4.03. The van der Waals surface area contributed by atoms with Crippen LogP contribution in [0, 0.1) is 19.3 Å². The maximum absolute atomic E-state index is 10.3. The Morgan fingerprint density at radius 1 is 1.00 bits per heavy atom. The fourth-order valence-corrected chi connectivity index (χ4v) is 4.03. The Kier molecular flexibility index (Phi) is 4.30. The van der Waals surface area contributed by atoms with E-state index in [-0.39, 0.29) is 10.8 Å². The largest absolute Gasteiger partial charge is 0.376 e. The Bertz CT molecular complexity index is 832. The summed E-state index contributed by atoms with van der Waals surface area (Å²) < 4.78 is 0. The number of fused-ring (bicyclic) bond motifs is 1. The van der Waals surface area contributed by atoms with E-state index in [1.54, 1.807) is 0 Å². The van der Waals surface area contributed by atoms with Crippen molar-refractivity contribution in [2.24, 2.45) is 0 Å². The van der Waals surface area contributed by atoms with Gasteiger partial charge in [-0.2, -0.15) is 0 Å². The molecule has 25 heavy (non-hydrogen) atoms. The summed E-state index contributed by atoms with van der Waals surface area (Å²) in [5.41, 5.74) is 7.38. The smallest absolute Gasteiger partial charge is 0.140 e. The molecule has 0 spiro atoms. The summed E-state index contributed by atoms with van der Waals surface area (Å²) in [5, 5.41) is 10.3. The van der Waals surface area contributed by atoms with Crippen LogP contribution in [0.5, 0.6) is 0 Å². The molecule has 0 bridgehead atoms. The average molecular weight is 332 g/mol. The lowest BCUT2D eigenvalue weighted by Gasteiger charge is -2.43. The molecule has 1 aliphatic carbocycles. The second-order valence-corrected chi connectivity index (χ2v) is 8.69. The molecule has 1 N–H and O–H groups in total. The first-order valence-corrected chi connectivity index (χ1v) is 9.06. The van der Waals surface area contributed by atoms with Crippen LogP contribution in [0.25, 0.3) is 11.1 Å². The highest BCUT2D eigenvalue weighted by Gasteiger charge is 2.39. The third-order valence-corrected chi connectivity index (χ3v) is 5.78. The van der Waals surface area contributed by atoms with Gasteiger partial charge in [-0.3, -0.25) is 0 Å². The molecule has 3 rings (SSSR count). The van der Waals surface area contributed by atoms with Gasteiger partial charge in [0.15, 0.2) is 0 Å². The normalized spacial score (nSPS) is 18.9. The second kappa shape index (κ2) is 6.04. The van der Waals surface area contributed by atoms with Gasteiger partial charge in [0, 0.05) is 0 Å². The molecule has 0 radical (unpaired) electrons. The molecule has 1 heteroatoms. The minimum Gasteiger partial charge on any atom is -0.376 e. The molecule has 2 aromatic rings. The molecule has 0 heterocycles. The van der Waals surface area contributed by atoms with Gasteiger partial charge in [-0.05, 0) is 64.5 Å². The van der Waals surface area contributed by atoms with E-state index >= 15 is 0 Å². The van der Waals surface area contributed by atoms with Crippen LogP contribution in [0.3, 0.4) is 0 Å². The van der Waals surface area contributed by atoms with Crippen molar-refractivity contribution in [1.29, 1.82) is 0 Å². The van der Waals surface area contributed by atoms with E-state index in [0.717, 1.165) is 18.4 Å². The predicted molar refractivity (Wildman–Crippen MR) is 106 cm³/mol. The van der Waals surface area contributed by atoms with Crippen molar-refractivity contribution in [2.45, 2.75) is 64.4 Å². The first kappa shape index (κ1) is 17.8. The van der Waals surface area contributed by atoms with Crippen LogP contribution in [0.2, 0.25) is 0 Å². The Balaban J connectivity index is 2.36. The van der Waals surface area contributed by atoms with Crippen LogP contribution < -0.4 is 0 Å². The molecule has 1 nitrogen and oxygen atoms in total. The van der Waals surface area contributed by atoms with E-state index < -0.39 is 6.10 Å². The van der Waals surface area contributed by atoms with Crippen molar-refractivity contribution >= 4 is 0 Å². The van der Waals surface area contributed by atoms with E-state index in [1.807, 2.05) is 0 Å². The lowest BCUT2D eigenvalue weighted by atomic mass is 9.61. The van der Waals surface area contributed by atoms with Gasteiger partial charge >= 0.3 is 0 Å². The van der Waals surface area contributed by atoms with E-state index in [0.29, 0.717) is 0 Å². The average Bonchev–Trinajstić information content (AvgIpc) is 2.58. The van der Waals surface area contributed by atoms with E-state index in [1.165, 1.54) is 27.8 Å². The summed E-state index contributed by atoms with van der Waals surface area (Å²) in [5.74, 6) is 2.48. The third-order valence-electron chi connectivity index (χ3n) is 5.78. The second-order valence-electron chi connectivity index (χ2n) is 8.69. The van der Waals surface area contributed by atoms with Crippen molar-refractivity contribution in [1.82, 2.24) is 0 Å². The highest BCUT2D eigenvalue weighted by Crippen LogP contribution is 2.50. The molecule has 0 amide bonds. The molecule has 1 atom stereocenters. The van der Waals surface area contributed by atoms with Crippen LogP contribution in [0.4, 0.5) is 0 Å². The van der Waals surface area contributed by atoms with Crippen molar-refractivity contribution in [3.05, 3.63) is 58.7 Å². The van der Waals surface area contributed by atoms with Gasteiger partial charge in [0.25, 0.3) is 0 Å². The molecule has 0 saturated carbocycles. The molecular formula is C24H28O. The first-order valence-electron chi connectivity index (χ1n) is 9.06. The topological polar surface area (TPSA) is 20.2 Å². The molecular weight excluding hydrogens is 304 g/mol. The monoisotopic (exact) mass is 332 g/mol. The molecule has 2 aromatic carbocycles. The molecule has 130 valence electrons. The van der Waals surface area contributed by atoms with Gasteiger partial charge in [0.2, 0.25) is 0 Å². The number of hydrogen-bond acceptors (Lipinski definition) is 1. The summed E-state index contributed by atoms with van der Waals surface area (Å²) >= 11 is 0. The minimum absolute atomic E-state index is 0.0780. The quantitative estimate of drug-likeness (QED) is 0.702. The summed E-state index contributed by atoms with van der Waals surface area (Å²) in [4.78, 5) is 0. The summed E-state index contributed by atoms with van der Waals surface area (Å²) in [6, 6.07) is 12.9. The zero-order valence-electron chi connectivity index (χ0n) is 16.0. The maximum atomic E-state index is 10.3. The van der Waals surface area contributed by atoms with Gasteiger partial charge in [-0.1, -0.05) is 69.5 Å². The SMILES string of the molecule is C#CC(O)c1cc(-c2ccc(C)cc2)c2c(c1)C(C)(C)CCC2(C)C. The Hall–Kier alpha value is -2.04. The molecule has 0 aliphatic heterocycles. The van der Waals surface area contributed by atoms with Crippen molar-refractivity contribution < 1.29 is 5.11 Å². The predicted octanol–water partition coefficient (Wildman–Crippen LogP) is 5.68. The van der Waals surface area contributed by atoms with Gasteiger partial charge in [-0.15, -0.1) is 6.42 Å². The van der Waals surface area contributed by atoms with Crippen LogP contribution in [0.15, 0.2) is 36.4 Å². The van der Waals surface area contributed by atoms with Crippen molar-refractivity contribution in [2.75, 3.05) is 0 Å². The summed E-state index contributed by atoms with van der Waals surface area (Å²) in [6.45, 7) is 11.4. The van der Waals surface area contributed by atoms with Crippen LogP contribution in [0.1, 0.15) is 68.9 Å². The standard InChI is InChI=1S/C24H28O/c1-7-21(25)18-14-19(17-10-8-16(2)9-11-17)22-20(15-18)23(3,4)12-13-24(22,5)6/h1,8-11,14-15,21,25H,12-13H2,2-6H3. The zero-order chi connectivity index (χ0) is 18.4. The van der Waals surface area contributed by atoms with Gasteiger partial charge in [0.05, 0.1) is 0 Å². The lowest BCUT2D eigenvalue weighted by molar-refractivity contribution is 0.237. The van der Waals surface area contributed by atoms with E-state index in [4.69, 9.17) is 6.42 Å². The highest BCUT2D eigenvalue weighted by atomic mass is 16.3. The van der Waals surface area contributed by atoms with Crippen molar-refractivity contribution in [3.8, 4) is 23.5 Å². The number of terminal acetylenes is 1. The number of hydrogen-bond donors (Lipinski definition) is 1. The van der Waals surface area contributed by atoms with Gasteiger partial charge < -0.3 is 5.11 Å². The molecule has 0 fully saturated rings. The number of aliphatic hydroxyl groups is 1. The minimum atomic E-state index is -0.865. The molecule has 1 unspecified atom stereocenters. The van der Waals surface area contributed by atoms with E-state index in [2.05, 4.69) is 76.9 Å². The Morgan fingerprint density at radius 2 is 1.60 bits per heavy atom. The Labute approximate surface area is 152 Å². The van der Waals surface area contributed by atoms with Crippen LogP contribution in [-0.2, 0) is 10.8 Å². The van der Waals surface area contributed by atoms with Gasteiger partial charge in [0.1, 0.15) is 6.10 Å². The Morgan fingerprint density at radius 3 is 2.20 bits per heavy atom. The number of benzene rings is 2. The number of aryl methyl sites for hydroxylation is 1. The van der Waals surface area contributed by atoms with Crippen molar-refractivity contribution in [3.63, 3.8) is 0 Å². The zero-order valence-corrected chi connectivity index (χ0v) is 16.0. The van der Waals surface area contributed by atoms with E-state index in [9.17, 15) is 5.11 Å². The number of aliphatic hydroxyl groups excluding tert-OH is 1. The summed E-state index contributed by atoms with van der Waals surface area (Å²) in [7, 11) is 0. The highest BCUT2D eigenvalue weighted by molar-refractivity contribution is 5.73. The molecule has 0 saturated heterocycles. The fraction of sp³-hybridized carbons (Fsp3) is 0.417. The molecule has 0 aromatic heterocycles. The molecule has 1 aliphatic rings. The first-order chi connectivity index (χ1) is 11.7. The van der Waals surface area contributed by atoms with Gasteiger partial charge in [-0.25, -0.2) is 0 Å².